The second kappa shape index (κ2) is 13.4. The zero-order valence-corrected chi connectivity index (χ0v) is 24.3. The maximum Gasteiger partial charge on any atom is 0.267 e. The monoisotopic (exact) mass is 600 g/mol. The first-order chi connectivity index (χ1) is 19.8. The Balaban J connectivity index is 0.00000189. The quantitative estimate of drug-likeness (QED) is 0.250. The van der Waals surface area contributed by atoms with Crippen molar-refractivity contribution in [3.63, 3.8) is 0 Å². The maximum atomic E-state index is 14.6. The minimum Gasteiger partial charge on any atom is -0.496 e. The highest BCUT2D eigenvalue weighted by Gasteiger charge is 2.31. The fourth-order valence-corrected chi connectivity index (χ4v) is 6.64. The smallest absolute Gasteiger partial charge is 0.267 e. The molecule has 216 valence electrons. The van der Waals surface area contributed by atoms with Crippen molar-refractivity contribution < 1.29 is 23.1 Å². The standard InChI is InChI=1S/C29H26ClF2N3O3S.CH5N/c1-38-23-10-7-16(17-11-12-34-22(14-17)28(33)36)13-18(23)15-35(19-5-3-2-4-6-19)29(37)27-25(30)24-20(31)8-9-21(32)26(24)39-27;1-2/h7-14,19H,2-6,15H2,1H3,(H2,33,36);2H2,1H3. The number of hydrogen-bond acceptors (Lipinski definition) is 6. The van der Waals surface area contributed by atoms with Gasteiger partial charge < -0.3 is 21.1 Å². The van der Waals surface area contributed by atoms with Gasteiger partial charge in [-0.3, -0.25) is 14.6 Å². The highest BCUT2D eigenvalue weighted by atomic mass is 35.5. The van der Waals surface area contributed by atoms with Gasteiger partial charge in [-0.05, 0) is 67.4 Å². The lowest BCUT2D eigenvalue weighted by Gasteiger charge is -2.34. The molecule has 5 rings (SSSR count). The van der Waals surface area contributed by atoms with Crippen molar-refractivity contribution in [1.82, 2.24) is 9.88 Å². The van der Waals surface area contributed by atoms with Gasteiger partial charge in [0.25, 0.3) is 11.8 Å². The molecule has 0 spiro atoms. The first kappa shape index (κ1) is 30.4. The summed E-state index contributed by atoms with van der Waals surface area (Å²) in [5, 5.41) is -0.148. The third kappa shape index (κ3) is 6.34. The van der Waals surface area contributed by atoms with E-state index in [4.69, 9.17) is 22.1 Å². The number of nitrogens with two attached hydrogens (primary N) is 2. The fraction of sp³-hybridized carbons (Fsp3) is 0.300. The molecule has 1 saturated carbocycles. The number of carbonyl (C=O) groups is 2. The lowest BCUT2D eigenvalue weighted by Crippen LogP contribution is -2.40. The molecular formula is C30H31ClF2N4O3S. The van der Waals surface area contributed by atoms with E-state index >= 15 is 0 Å². The van der Waals surface area contributed by atoms with Crippen molar-refractivity contribution in [2.45, 2.75) is 44.7 Å². The van der Waals surface area contributed by atoms with E-state index < -0.39 is 17.5 Å². The number of halogens is 3. The molecule has 0 saturated heterocycles. The third-order valence-electron chi connectivity index (χ3n) is 7.12. The molecule has 4 N–H and O–H groups in total. The van der Waals surface area contributed by atoms with Crippen LogP contribution in [0.15, 0.2) is 48.7 Å². The first-order valence-corrected chi connectivity index (χ1v) is 14.4. The van der Waals surface area contributed by atoms with Gasteiger partial charge in [-0.1, -0.05) is 36.9 Å². The second-order valence-corrected chi connectivity index (χ2v) is 10.9. The molecule has 1 fully saturated rings. The van der Waals surface area contributed by atoms with Crippen molar-refractivity contribution in [2.24, 2.45) is 11.5 Å². The Kier molecular flexibility index (Phi) is 9.90. The highest BCUT2D eigenvalue weighted by molar-refractivity contribution is 7.21. The van der Waals surface area contributed by atoms with Crippen LogP contribution < -0.4 is 16.2 Å². The first-order valence-electron chi connectivity index (χ1n) is 13.2. The van der Waals surface area contributed by atoms with E-state index in [2.05, 4.69) is 10.7 Å². The number of methoxy groups -OCH3 is 1. The van der Waals surface area contributed by atoms with Gasteiger partial charge in [0.05, 0.1) is 22.2 Å². The molecule has 7 nitrogen and oxygen atoms in total. The van der Waals surface area contributed by atoms with E-state index in [-0.39, 0.29) is 44.2 Å². The molecule has 0 bridgehead atoms. The van der Waals surface area contributed by atoms with Crippen LogP contribution in [0.4, 0.5) is 8.78 Å². The Bertz CT molecular complexity index is 1570. The summed E-state index contributed by atoms with van der Waals surface area (Å²) in [5.41, 5.74) is 12.3. The van der Waals surface area contributed by atoms with Crippen LogP contribution in [0.25, 0.3) is 21.2 Å². The lowest BCUT2D eigenvalue weighted by molar-refractivity contribution is 0.0617. The number of thiophene rings is 1. The zero-order valence-electron chi connectivity index (χ0n) is 22.8. The average Bonchev–Trinajstić information content (AvgIpc) is 3.37. The summed E-state index contributed by atoms with van der Waals surface area (Å²) in [6, 6.07) is 10.9. The number of fused-ring (bicyclic) bond motifs is 1. The molecule has 1 aliphatic rings. The van der Waals surface area contributed by atoms with E-state index in [1.54, 1.807) is 30.2 Å². The molecule has 2 aromatic carbocycles. The van der Waals surface area contributed by atoms with E-state index in [1.807, 2.05) is 12.1 Å². The Hall–Kier alpha value is -3.60. The number of aromatic nitrogens is 1. The Morgan fingerprint density at radius 1 is 1.05 bits per heavy atom. The minimum absolute atomic E-state index is 0.0227. The molecule has 11 heteroatoms. The number of nitrogens with zero attached hydrogens (tertiary/aromatic N) is 2. The van der Waals surface area contributed by atoms with E-state index in [1.165, 1.54) is 13.2 Å². The summed E-state index contributed by atoms with van der Waals surface area (Å²) in [5.74, 6) is -1.72. The maximum absolute atomic E-state index is 14.6. The average molecular weight is 601 g/mol. The Labute approximate surface area is 246 Å². The second-order valence-electron chi connectivity index (χ2n) is 9.52. The highest BCUT2D eigenvalue weighted by Crippen LogP contribution is 2.40. The molecule has 1 aliphatic carbocycles. The summed E-state index contributed by atoms with van der Waals surface area (Å²) >= 11 is 7.38. The van der Waals surface area contributed by atoms with Gasteiger partial charge >= 0.3 is 0 Å². The lowest BCUT2D eigenvalue weighted by atomic mass is 9.93. The Morgan fingerprint density at radius 3 is 2.39 bits per heavy atom. The van der Waals surface area contributed by atoms with Crippen LogP contribution in [-0.2, 0) is 6.54 Å². The molecule has 2 amide bonds. The molecule has 0 aliphatic heterocycles. The number of rotatable bonds is 7. The van der Waals surface area contributed by atoms with Crippen LogP contribution >= 0.6 is 22.9 Å². The molecule has 2 heterocycles. The largest absolute Gasteiger partial charge is 0.496 e. The molecule has 2 aromatic heterocycles. The van der Waals surface area contributed by atoms with Crippen molar-refractivity contribution in [3.05, 3.63) is 81.5 Å². The molecule has 0 atom stereocenters. The van der Waals surface area contributed by atoms with Crippen LogP contribution in [-0.4, -0.2) is 41.9 Å². The zero-order chi connectivity index (χ0) is 29.7. The van der Waals surface area contributed by atoms with Crippen LogP contribution in [0.3, 0.4) is 0 Å². The normalized spacial score (nSPS) is 13.4. The number of ether oxygens (including phenoxy) is 1. The van der Waals surface area contributed by atoms with E-state index in [9.17, 15) is 18.4 Å². The van der Waals surface area contributed by atoms with Crippen LogP contribution in [0, 0.1) is 11.6 Å². The van der Waals surface area contributed by atoms with E-state index in [0.717, 1.165) is 72.3 Å². The van der Waals surface area contributed by atoms with Gasteiger partial charge in [-0.25, -0.2) is 8.78 Å². The number of primary amides is 1. The van der Waals surface area contributed by atoms with Gasteiger partial charge in [0.2, 0.25) is 0 Å². The summed E-state index contributed by atoms with van der Waals surface area (Å²) in [6.07, 6.45) is 6.17. The number of hydrogen-bond donors (Lipinski definition) is 2. The van der Waals surface area contributed by atoms with Crippen LogP contribution in [0.2, 0.25) is 5.02 Å². The molecular weight excluding hydrogens is 570 g/mol. The number of benzene rings is 2. The van der Waals surface area contributed by atoms with Gasteiger partial charge in [0.1, 0.15) is 28.0 Å². The SMILES string of the molecule is CN.COc1ccc(-c2ccnc(C(N)=O)c2)cc1CN(C(=O)c1sc2c(F)ccc(F)c2c1Cl)C1CCCCC1. The summed E-state index contributed by atoms with van der Waals surface area (Å²) in [7, 11) is 3.05. The third-order valence-corrected chi connectivity index (χ3v) is 8.80. The molecule has 4 aromatic rings. The van der Waals surface area contributed by atoms with Gasteiger partial charge in [-0.2, -0.15) is 0 Å². The predicted molar refractivity (Wildman–Crippen MR) is 158 cm³/mol. The van der Waals surface area contributed by atoms with Crippen LogP contribution in [0.1, 0.15) is 57.8 Å². The van der Waals surface area contributed by atoms with Crippen molar-refractivity contribution in [1.29, 1.82) is 0 Å². The van der Waals surface area contributed by atoms with Crippen LogP contribution in [0.5, 0.6) is 5.75 Å². The fourth-order valence-electron chi connectivity index (χ4n) is 5.14. The number of pyridine rings is 1. The summed E-state index contributed by atoms with van der Waals surface area (Å²) in [4.78, 5) is 31.6. The summed E-state index contributed by atoms with van der Waals surface area (Å²) < 4.78 is 34.7. The molecule has 0 unspecified atom stereocenters. The van der Waals surface area contributed by atoms with Crippen molar-refractivity contribution in [3.8, 4) is 16.9 Å². The predicted octanol–water partition coefficient (Wildman–Crippen LogP) is 6.55. The van der Waals surface area contributed by atoms with Gasteiger partial charge in [0.15, 0.2) is 0 Å². The van der Waals surface area contributed by atoms with Crippen molar-refractivity contribution >= 4 is 44.8 Å². The van der Waals surface area contributed by atoms with Gasteiger partial charge in [-0.15, -0.1) is 11.3 Å². The van der Waals surface area contributed by atoms with Crippen molar-refractivity contribution in [2.75, 3.05) is 14.2 Å². The van der Waals surface area contributed by atoms with E-state index in [0.29, 0.717) is 5.75 Å². The molecule has 41 heavy (non-hydrogen) atoms. The molecule has 0 radical (unpaired) electrons. The Morgan fingerprint density at radius 2 is 1.73 bits per heavy atom. The number of carbonyl (C=O) groups excluding carboxylic acids is 2. The topological polar surface area (TPSA) is 112 Å². The number of amides is 2. The van der Waals surface area contributed by atoms with Gasteiger partial charge in [0, 0.05) is 24.3 Å². The summed E-state index contributed by atoms with van der Waals surface area (Å²) in [6.45, 7) is 0.198. The minimum atomic E-state index is -0.669.